The number of benzene rings is 1. The summed E-state index contributed by atoms with van der Waals surface area (Å²) in [6, 6.07) is 7.90. The summed E-state index contributed by atoms with van der Waals surface area (Å²) in [5.74, 6) is -0.120. The molecule has 5 rings (SSSR count). The average Bonchev–Trinajstić information content (AvgIpc) is 3.11. The van der Waals surface area contributed by atoms with E-state index in [9.17, 15) is 4.79 Å². The van der Waals surface area contributed by atoms with Crippen molar-refractivity contribution in [2.45, 2.75) is 57.2 Å². The molecule has 3 heterocycles. The molecule has 1 aliphatic heterocycles. The minimum atomic E-state index is -0.484. The first kappa shape index (κ1) is 21.8. The maximum Gasteiger partial charge on any atom is 0.494 e. The van der Waals surface area contributed by atoms with E-state index in [4.69, 9.17) is 14.0 Å². The zero-order valence-corrected chi connectivity index (χ0v) is 19.8. The Balaban J connectivity index is 1.51. The monoisotopic (exact) mass is 449 g/mol. The van der Waals surface area contributed by atoms with E-state index >= 15 is 0 Å². The Hall–Kier alpha value is -2.98. The van der Waals surface area contributed by atoms with Crippen LogP contribution < -0.4 is 5.46 Å². The SMILES string of the molecule is COC(=O)c1cnn(-c2cccc(B3OC(C)(C)C(C)(C)O3)c2)c1C1C[C@H]1c1cn(C)nn1. The van der Waals surface area contributed by atoms with Gasteiger partial charge in [-0.3, -0.25) is 4.68 Å². The third kappa shape index (κ3) is 3.67. The van der Waals surface area contributed by atoms with Gasteiger partial charge in [0.25, 0.3) is 0 Å². The van der Waals surface area contributed by atoms with E-state index in [1.54, 1.807) is 10.9 Å². The lowest BCUT2D eigenvalue weighted by Gasteiger charge is -2.32. The van der Waals surface area contributed by atoms with Crippen molar-refractivity contribution in [3.63, 3.8) is 0 Å². The predicted molar refractivity (Wildman–Crippen MR) is 122 cm³/mol. The molecule has 9 nitrogen and oxygen atoms in total. The summed E-state index contributed by atoms with van der Waals surface area (Å²) in [6.07, 6.45) is 4.36. The van der Waals surface area contributed by atoms with E-state index in [1.807, 2.05) is 69.9 Å². The number of ether oxygens (including phenoxy) is 1. The molecule has 33 heavy (non-hydrogen) atoms. The molecule has 0 N–H and O–H groups in total. The lowest BCUT2D eigenvalue weighted by Crippen LogP contribution is -2.41. The van der Waals surface area contributed by atoms with E-state index in [0.29, 0.717) is 5.56 Å². The van der Waals surface area contributed by atoms with Crippen LogP contribution >= 0.6 is 0 Å². The molecule has 10 heteroatoms. The van der Waals surface area contributed by atoms with Crippen molar-refractivity contribution in [2.24, 2.45) is 7.05 Å². The van der Waals surface area contributed by atoms with E-state index in [1.165, 1.54) is 7.11 Å². The Morgan fingerprint density at radius 2 is 1.91 bits per heavy atom. The largest absolute Gasteiger partial charge is 0.494 e. The third-order valence-corrected chi connectivity index (χ3v) is 6.99. The molecule has 1 aromatic carbocycles. The average molecular weight is 449 g/mol. The van der Waals surface area contributed by atoms with Crippen LogP contribution in [-0.4, -0.2) is 56.2 Å². The predicted octanol–water partition coefficient (Wildman–Crippen LogP) is 2.36. The van der Waals surface area contributed by atoms with Gasteiger partial charge in [0.05, 0.1) is 41.6 Å². The number of carbonyl (C=O) groups is 1. The smallest absolute Gasteiger partial charge is 0.465 e. The summed E-state index contributed by atoms with van der Waals surface area (Å²) in [6.45, 7) is 8.13. The Morgan fingerprint density at radius 1 is 1.18 bits per heavy atom. The van der Waals surface area contributed by atoms with Crippen LogP contribution in [0.1, 0.15) is 67.7 Å². The van der Waals surface area contributed by atoms with Crippen molar-refractivity contribution < 1.29 is 18.8 Å². The lowest BCUT2D eigenvalue weighted by atomic mass is 9.79. The second kappa shape index (κ2) is 7.53. The number of hydrogen-bond acceptors (Lipinski definition) is 7. The van der Waals surface area contributed by atoms with Crippen LogP contribution in [0.25, 0.3) is 5.69 Å². The van der Waals surface area contributed by atoms with Crippen LogP contribution in [0.4, 0.5) is 0 Å². The van der Waals surface area contributed by atoms with Crippen LogP contribution in [0.2, 0.25) is 0 Å². The minimum absolute atomic E-state index is 0.0961. The molecular weight excluding hydrogens is 421 g/mol. The fraction of sp³-hybridized carbons (Fsp3) is 0.478. The molecule has 1 unspecified atom stereocenters. The van der Waals surface area contributed by atoms with Gasteiger partial charge in [0.1, 0.15) is 5.56 Å². The van der Waals surface area contributed by atoms with Crippen molar-refractivity contribution >= 4 is 18.6 Å². The van der Waals surface area contributed by atoms with Gasteiger partial charge in [0.2, 0.25) is 0 Å². The van der Waals surface area contributed by atoms with Crippen LogP contribution in [0.3, 0.4) is 0 Å². The highest BCUT2D eigenvalue weighted by Gasteiger charge is 2.52. The number of nitrogens with zero attached hydrogens (tertiary/aromatic N) is 5. The van der Waals surface area contributed by atoms with Crippen molar-refractivity contribution in [3.8, 4) is 5.69 Å². The highest BCUT2D eigenvalue weighted by Crippen LogP contribution is 2.55. The molecule has 1 aliphatic carbocycles. The normalized spacial score (nSPS) is 23.0. The maximum atomic E-state index is 12.5. The Bertz CT molecular complexity index is 1200. The van der Waals surface area contributed by atoms with Crippen molar-refractivity contribution in [2.75, 3.05) is 7.11 Å². The summed E-state index contributed by atoms with van der Waals surface area (Å²) in [4.78, 5) is 12.5. The second-order valence-electron chi connectivity index (χ2n) is 9.80. The standard InChI is InChI=1S/C23H28BN5O4/c1-22(2)23(3,4)33-24(32-22)14-8-7-9-15(10-14)29-20(18(12-25-29)21(30)31-6)17-11-16(17)19-13-28(5)27-26-19/h7-10,12-13,16-17H,11H2,1-6H3/t16-,17?/m1/s1. The highest BCUT2D eigenvalue weighted by atomic mass is 16.7. The number of hydrogen-bond donors (Lipinski definition) is 0. The zero-order chi connectivity index (χ0) is 23.5. The second-order valence-corrected chi connectivity index (χ2v) is 9.80. The van der Waals surface area contributed by atoms with Gasteiger partial charge in [-0.15, -0.1) is 5.10 Å². The first-order chi connectivity index (χ1) is 15.6. The van der Waals surface area contributed by atoms with Gasteiger partial charge in [-0.25, -0.2) is 9.48 Å². The quantitative estimate of drug-likeness (QED) is 0.436. The molecule has 2 aromatic heterocycles. The molecule has 2 atom stereocenters. The summed E-state index contributed by atoms with van der Waals surface area (Å²) in [7, 11) is 2.75. The molecule has 0 radical (unpaired) electrons. The van der Waals surface area contributed by atoms with Gasteiger partial charge in [-0.2, -0.15) is 5.10 Å². The summed E-state index contributed by atoms with van der Waals surface area (Å²) in [5, 5.41) is 12.9. The fourth-order valence-corrected chi connectivity index (χ4v) is 4.33. The van der Waals surface area contributed by atoms with Gasteiger partial charge < -0.3 is 14.0 Å². The highest BCUT2D eigenvalue weighted by molar-refractivity contribution is 6.62. The van der Waals surface area contributed by atoms with Gasteiger partial charge in [0, 0.05) is 25.1 Å². The number of aryl methyl sites for hydroxylation is 1. The molecule has 0 amide bonds. The molecule has 0 bridgehead atoms. The summed E-state index contributed by atoms with van der Waals surface area (Å²) in [5.41, 5.74) is 3.07. The molecular formula is C23H28BN5O4. The first-order valence-corrected chi connectivity index (χ1v) is 11.1. The van der Waals surface area contributed by atoms with E-state index < -0.39 is 24.3 Å². The van der Waals surface area contributed by atoms with Crippen LogP contribution in [0.15, 0.2) is 36.7 Å². The number of aromatic nitrogens is 5. The molecule has 2 fully saturated rings. The van der Waals surface area contributed by atoms with Gasteiger partial charge in [-0.1, -0.05) is 17.3 Å². The molecule has 3 aromatic rings. The van der Waals surface area contributed by atoms with E-state index in [2.05, 4.69) is 15.4 Å². The molecule has 172 valence electrons. The van der Waals surface area contributed by atoms with Gasteiger partial charge in [0.15, 0.2) is 0 Å². The fourth-order valence-electron chi connectivity index (χ4n) is 4.33. The maximum absolute atomic E-state index is 12.5. The molecule has 1 saturated carbocycles. The van der Waals surface area contributed by atoms with E-state index in [0.717, 1.165) is 29.0 Å². The molecule has 1 saturated heterocycles. The van der Waals surface area contributed by atoms with Crippen molar-refractivity contribution in [1.82, 2.24) is 24.8 Å². The number of esters is 1. The Morgan fingerprint density at radius 3 is 2.55 bits per heavy atom. The van der Waals surface area contributed by atoms with Crippen LogP contribution in [-0.2, 0) is 21.1 Å². The minimum Gasteiger partial charge on any atom is -0.465 e. The molecule has 0 spiro atoms. The Labute approximate surface area is 193 Å². The van der Waals surface area contributed by atoms with E-state index in [-0.39, 0.29) is 11.8 Å². The third-order valence-electron chi connectivity index (χ3n) is 6.99. The Kier molecular flexibility index (Phi) is 4.98. The van der Waals surface area contributed by atoms with Crippen molar-refractivity contribution in [1.29, 1.82) is 0 Å². The van der Waals surface area contributed by atoms with Crippen LogP contribution in [0, 0.1) is 0 Å². The molecule has 2 aliphatic rings. The number of rotatable bonds is 5. The number of methoxy groups -OCH3 is 1. The number of carbonyl (C=O) groups excluding carboxylic acids is 1. The lowest BCUT2D eigenvalue weighted by molar-refractivity contribution is 0.00578. The van der Waals surface area contributed by atoms with Gasteiger partial charge in [-0.05, 0) is 51.7 Å². The zero-order valence-electron chi connectivity index (χ0n) is 19.8. The van der Waals surface area contributed by atoms with Crippen molar-refractivity contribution in [3.05, 3.63) is 53.6 Å². The topological polar surface area (TPSA) is 93.3 Å². The van der Waals surface area contributed by atoms with Crippen LogP contribution in [0.5, 0.6) is 0 Å². The summed E-state index contributed by atoms with van der Waals surface area (Å²) >= 11 is 0. The van der Waals surface area contributed by atoms with Gasteiger partial charge >= 0.3 is 13.1 Å². The first-order valence-electron chi connectivity index (χ1n) is 11.1. The summed E-state index contributed by atoms with van der Waals surface area (Å²) < 4.78 is 21.0.